The number of hydrogen-bond acceptors (Lipinski definition) is 4. The molecular formula is C12H21ClN2O3. The van der Waals surface area contributed by atoms with Crippen molar-refractivity contribution in [3.8, 4) is 5.75 Å². The van der Waals surface area contributed by atoms with Crippen molar-refractivity contribution in [1.29, 1.82) is 0 Å². The van der Waals surface area contributed by atoms with Crippen molar-refractivity contribution >= 4 is 0 Å². The number of nitrogens with one attached hydrogen (secondary N) is 2. The van der Waals surface area contributed by atoms with Crippen LogP contribution in [0.4, 0.5) is 0 Å². The molecule has 0 aromatic carbocycles. The van der Waals surface area contributed by atoms with Crippen LogP contribution in [-0.2, 0) is 6.61 Å². The van der Waals surface area contributed by atoms with Crippen LogP contribution in [-0.4, -0.2) is 27.4 Å². The maximum Gasteiger partial charge on any atom is 0.247 e. The number of β-amino-alcohol motifs (C(OH)–C–C–N with tert-alkyl or cyclic N) is 1. The van der Waals surface area contributed by atoms with E-state index < -0.39 is 6.10 Å². The number of H-pyrrole nitrogens is 1. The van der Waals surface area contributed by atoms with E-state index >= 15 is 0 Å². The molecular weight excluding hydrogens is 256 g/mol. The fourth-order valence-corrected chi connectivity index (χ4v) is 1.38. The van der Waals surface area contributed by atoms with Crippen LogP contribution in [0, 0.1) is 0 Å². The van der Waals surface area contributed by atoms with Crippen molar-refractivity contribution in [1.82, 2.24) is 5.32 Å². The van der Waals surface area contributed by atoms with Gasteiger partial charge in [0.15, 0.2) is 11.9 Å². The molecule has 1 aromatic heterocycles. The Morgan fingerprint density at radius 2 is 1.94 bits per heavy atom. The summed E-state index contributed by atoms with van der Waals surface area (Å²) in [7, 11) is 0. The summed E-state index contributed by atoms with van der Waals surface area (Å²) in [6.07, 6.45) is -0.708. The molecule has 104 valence electrons. The minimum absolute atomic E-state index is 0. The highest BCUT2D eigenvalue weighted by Crippen LogP contribution is 2.15. The molecule has 0 radical (unpaired) electrons. The van der Waals surface area contributed by atoms with Crippen molar-refractivity contribution in [3.63, 3.8) is 0 Å². The van der Waals surface area contributed by atoms with E-state index in [1.165, 1.54) is 6.07 Å². The first-order valence-electron chi connectivity index (χ1n) is 5.61. The van der Waals surface area contributed by atoms with Crippen molar-refractivity contribution in [2.75, 3.05) is 6.54 Å². The van der Waals surface area contributed by atoms with Crippen molar-refractivity contribution in [2.45, 2.75) is 39.0 Å². The second-order valence-corrected chi connectivity index (χ2v) is 5.08. The summed E-state index contributed by atoms with van der Waals surface area (Å²) in [6.45, 7) is 6.15. The van der Waals surface area contributed by atoms with E-state index in [2.05, 4.69) is 10.3 Å². The number of aliphatic hydroxyl groups is 2. The van der Waals surface area contributed by atoms with Gasteiger partial charge in [-0.25, -0.2) is 4.98 Å². The Kier molecular flexibility index (Phi) is 6.56. The van der Waals surface area contributed by atoms with Crippen LogP contribution in [0.3, 0.4) is 0 Å². The monoisotopic (exact) mass is 276 g/mol. The molecule has 0 aliphatic carbocycles. The number of aromatic amines is 1. The van der Waals surface area contributed by atoms with Crippen molar-refractivity contribution < 1.29 is 32.7 Å². The zero-order valence-corrected chi connectivity index (χ0v) is 11.6. The van der Waals surface area contributed by atoms with Gasteiger partial charge in [0.2, 0.25) is 11.4 Å². The number of rotatable bonds is 4. The van der Waals surface area contributed by atoms with Gasteiger partial charge in [-0.15, -0.1) is 0 Å². The number of halogens is 1. The maximum absolute atomic E-state index is 9.94. The molecule has 1 aromatic rings. The fourth-order valence-electron chi connectivity index (χ4n) is 1.38. The molecule has 6 heteroatoms. The Labute approximate surface area is 113 Å². The van der Waals surface area contributed by atoms with Crippen molar-refractivity contribution in [2.24, 2.45) is 0 Å². The number of aromatic nitrogens is 1. The van der Waals surface area contributed by atoms with E-state index in [0.717, 1.165) is 0 Å². The van der Waals surface area contributed by atoms with Crippen molar-refractivity contribution in [3.05, 3.63) is 23.5 Å². The Morgan fingerprint density at radius 1 is 1.33 bits per heavy atom. The second kappa shape index (κ2) is 6.89. The van der Waals surface area contributed by atoms with E-state index in [1.54, 1.807) is 6.07 Å². The molecule has 0 saturated carbocycles. The number of pyridine rings is 1. The van der Waals surface area contributed by atoms with Crippen LogP contribution < -0.4 is 22.7 Å². The van der Waals surface area contributed by atoms with Crippen LogP contribution in [0.5, 0.6) is 5.75 Å². The SMILES string of the molecule is CC(C)(C)NCC(O)c1ccc(O)c(CO)[nH+]1.[Cl-]. The summed E-state index contributed by atoms with van der Waals surface area (Å²) < 4.78 is 0. The predicted octanol–water partition coefficient (Wildman–Crippen LogP) is -2.88. The highest BCUT2D eigenvalue weighted by Gasteiger charge is 2.20. The van der Waals surface area contributed by atoms with Gasteiger partial charge in [0.1, 0.15) is 6.61 Å². The molecule has 1 heterocycles. The molecule has 0 fully saturated rings. The summed E-state index contributed by atoms with van der Waals surface area (Å²) in [5.41, 5.74) is 0.790. The topological polar surface area (TPSA) is 86.9 Å². The molecule has 1 unspecified atom stereocenters. The van der Waals surface area contributed by atoms with E-state index in [4.69, 9.17) is 5.11 Å². The summed E-state index contributed by atoms with van der Waals surface area (Å²) >= 11 is 0. The Bertz CT molecular complexity index is 380. The van der Waals surface area contributed by atoms with Gasteiger partial charge in [0.25, 0.3) is 0 Å². The molecule has 18 heavy (non-hydrogen) atoms. The Balaban J connectivity index is 0.00000289. The highest BCUT2D eigenvalue weighted by molar-refractivity contribution is 5.22. The largest absolute Gasteiger partial charge is 1.00 e. The Morgan fingerprint density at radius 3 is 2.44 bits per heavy atom. The predicted molar refractivity (Wildman–Crippen MR) is 63.3 cm³/mol. The lowest BCUT2D eigenvalue weighted by atomic mass is 10.1. The van der Waals surface area contributed by atoms with E-state index in [1.807, 2.05) is 20.8 Å². The van der Waals surface area contributed by atoms with Gasteiger partial charge >= 0.3 is 0 Å². The van der Waals surface area contributed by atoms with Crippen LogP contribution in [0.2, 0.25) is 0 Å². The third-order valence-electron chi connectivity index (χ3n) is 2.37. The molecule has 0 aliphatic rings. The average molecular weight is 277 g/mol. The first kappa shape index (κ1) is 17.1. The molecule has 1 atom stereocenters. The van der Waals surface area contributed by atoms with Crippen LogP contribution in [0.1, 0.15) is 38.3 Å². The summed E-state index contributed by atoms with van der Waals surface area (Å²) in [5, 5.41) is 31.5. The third-order valence-corrected chi connectivity index (χ3v) is 2.37. The minimum atomic E-state index is -0.708. The fraction of sp³-hybridized carbons (Fsp3) is 0.583. The Hall–Kier alpha value is -0.880. The number of aromatic hydroxyl groups is 1. The molecule has 0 bridgehead atoms. The van der Waals surface area contributed by atoms with Gasteiger partial charge in [0, 0.05) is 18.2 Å². The standard InChI is InChI=1S/C12H20N2O3.ClH/c1-12(2,3)13-6-11(17)8-4-5-10(16)9(7-15)14-8;/h4-5,11,13,15-17H,6-7H2,1-3H3;1H. The summed E-state index contributed by atoms with van der Waals surface area (Å²) in [4.78, 5) is 2.81. The van der Waals surface area contributed by atoms with Gasteiger partial charge < -0.3 is 33.0 Å². The normalized spacial score (nSPS) is 12.9. The van der Waals surface area contributed by atoms with Gasteiger partial charge in [-0.3, -0.25) is 0 Å². The first-order valence-corrected chi connectivity index (χ1v) is 5.61. The zero-order valence-electron chi connectivity index (χ0n) is 10.9. The molecule has 0 aliphatic heterocycles. The average Bonchev–Trinajstić information content (AvgIpc) is 2.25. The lowest BCUT2D eigenvalue weighted by Crippen LogP contribution is -3.00. The van der Waals surface area contributed by atoms with Crippen LogP contribution in [0.25, 0.3) is 0 Å². The molecule has 1 rings (SSSR count). The molecule has 5 N–H and O–H groups in total. The van der Waals surface area contributed by atoms with E-state index in [-0.39, 0.29) is 30.3 Å². The van der Waals surface area contributed by atoms with Gasteiger partial charge in [-0.05, 0) is 26.8 Å². The van der Waals surface area contributed by atoms with Gasteiger partial charge in [-0.2, -0.15) is 0 Å². The molecule has 0 saturated heterocycles. The van der Waals surface area contributed by atoms with E-state index in [9.17, 15) is 10.2 Å². The lowest BCUT2D eigenvalue weighted by molar-refractivity contribution is -0.415. The summed E-state index contributed by atoms with van der Waals surface area (Å²) in [6, 6.07) is 3.06. The molecule has 5 nitrogen and oxygen atoms in total. The lowest BCUT2D eigenvalue weighted by Gasteiger charge is -2.21. The van der Waals surface area contributed by atoms with Gasteiger partial charge in [0.05, 0.1) is 0 Å². The summed E-state index contributed by atoms with van der Waals surface area (Å²) in [5.74, 6) is -0.00719. The zero-order chi connectivity index (χ0) is 13.1. The van der Waals surface area contributed by atoms with Crippen LogP contribution in [0.15, 0.2) is 12.1 Å². The third kappa shape index (κ3) is 5.18. The quantitative estimate of drug-likeness (QED) is 0.476. The second-order valence-electron chi connectivity index (χ2n) is 5.08. The van der Waals surface area contributed by atoms with Crippen LogP contribution >= 0.6 is 0 Å². The smallest absolute Gasteiger partial charge is 0.247 e. The highest BCUT2D eigenvalue weighted by atomic mass is 35.5. The minimum Gasteiger partial charge on any atom is -1.00 e. The first-order chi connectivity index (χ1) is 7.83. The number of aliphatic hydroxyl groups excluding tert-OH is 2. The van der Waals surface area contributed by atoms with Gasteiger partial charge in [-0.1, -0.05) is 0 Å². The molecule has 0 amide bonds. The van der Waals surface area contributed by atoms with E-state index in [0.29, 0.717) is 17.9 Å². The molecule has 0 spiro atoms. The maximum atomic E-state index is 9.94. The number of hydrogen-bond donors (Lipinski definition) is 4.